The van der Waals surface area contributed by atoms with Crippen LogP contribution in [0.1, 0.15) is 6.42 Å². The zero-order valence-corrected chi connectivity index (χ0v) is 7.16. The van der Waals surface area contributed by atoms with Gasteiger partial charge in [-0.05, 0) is 6.42 Å². The van der Waals surface area contributed by atoms with Crippen LogP contribution < -0.4 is 0 Å². The monoisotopic (exact) mass is 164 g/mol. The van der Waals surface area contributed by atoms with Gasteiger partial charge in [0.15, 0.2) is 5.88 Å². The van der Waals surface area contributed by atoms with E-state index >= 15 is 0 Å². The Kier molecular flexibility index (Phi) is 3.21. The number of nitrogens with zero attached hydrogens (tertiary/aromatic N) is 2. The Hall–Kier alpha value is -1.43. The Morgan fingerprint density at radius 2 is 2.50 bits per heavy atom. The second-order valence-electron chi connectivity index (χ2n) is 2.52. The van der Waals surface area contributed by atoms with Crippen LogP contribution in [-0.2, 0) is 4.74 Å². The third-order valence-corrected chi connectivity index (χ3v) is 1.77. The van der Waals surface area contributed by atoms with Gasteiger partial charge in [-0.3, -0.25) is 0 Å². The lowest BCUT2D eigenvalue weighted by molar-refractivity contribution is 0.161. The molecule has 0 radical (unpaired) electrons. The standard InChI is InChI=1S/C9H12N2O/c1-12-9(5-6-10)11-7-3-2-4-8-11/h2-3,5H,4,7-8H2,1H3/b9-5-. The fraction of sp³-hybridized carbons (Fsp3) is 0.444. The number of rotatable bonds is 2. The minimum Gasteiger partial charge on any atom is -0.482 e. The van der Waals surface area contributed by atoms with Gasteiger partial charge in [-0.1, -0.05) is 12.2 Å². The second-order valence-corrected chi connectivity index (χ2v) is 2.52. The molecule has 1 heterocycles. The van der Waals surface area contributed by atoms with Gasteiger partial charge < -0.3 is 9.64 Å². The van der Waals surface area contributed by atoms with E-state index in [9.17, 15) is 0 Å². The fourth-order valence-corrected chi connectivity index (χ4v) is 1.18. The van der Waals surface area contributed by atoms with Gasteiger partial charge >= 0.3 is 0 Å². The van der Waals surface area contributed by atoms with E-state index in [4.69, 9.17) is 10.00 Å². The molecule has 0 unspecified atom stereocenters. The molecular weight excluding hydrogens is 152 g/mol. The number of allylic oxidation sites excluding steroid dienone is 1. The molecule has 1 rings (SSSR count). The zero-order chi connectivity index (χ0) is 8.81. The van der Waals surface area contributed by atoms with Gasteiger partial charge in [0.2, 0.25) is 0 Å². The highest BCUT2D eigenvalue weighted by molar-refractivity contribution is 5.09. The lowest BCUT2D eigenvalue weighted by atomic mass is 10.2. The zero-order valence-electron chi connectivity index (χ0n) is 7.16. The SMILES string of the molecule is CO/C(=C\C#N)N1CC=CCC1. The Labute approximate surface area is 72.5 Å². The minimum atomic E-state index is 0.654. The quantitative estimate of drug-likeness (QED) is 0.350. The summed E-state index contributed by atoms with van der Waals surface area (Å²) in [7, 11) is 1.58. The van der Waals surface area contributed by atoms with Crippen LogP contribution >= 0.6 is 0 Å². The van der Waals surface area contributed by atoms with E-state index in [1.165, 1.54) is 6.08 Å². The molecule has 0 N–H and O–H groups in total. The highest BCUT2D eigenvalue weighted by atomic mass is 16.5. The predicted octanol–water partition coefficient (Wildman–Crippen LogP) is 1.26. The van der Waals surface area contributed by atoms with Gasteiger partial charge in [0.1, 0.15) is 0 Å². The molecule has 0 amide bonds. The molecule has 0 saturated heterocycles. The lowest BCUT2D eigenvalue weighted by Gasteiger charge is -2.25. The third-order valence-electron chi connectivity index (χ3n) is 1.77. The van der Waals surface area contributed by atoms with Crippen molar-refractivity contribution in [3.63, 3.8) is 0 Å². The first-order chi connectivity index (χ1) is 5.88. The highest BCUT2D eigenvalue weighted by Crippen LogP contribution is 2.09. The van der Waals surface area contributed by atoms with E-state index in [0.717, 1.165) is 19.5 Å². The van der Waals surface area contributed by atoms with Crippen LogP contribution in [0.25, 0.3) is 0 Å². The summed E-state index contributed by atoms with van der Waals surface area (Å²) in [5.41, 5.74) is 0. The molecule has 64 valence electrons. The van der Waals surface area contributed by atoms with Crippen molar-refractivity contribution in [2.45, 2.75) is 6.42 Å². The normalized spacial score (nSPS) is 17.3. The van der Waals surface area contributed by atoms with Gasteiger partial charge in [0.25, 0.3) is 0 Å². The number of hydrogen-bond donors (Lipinski definition) is 0. The molecular formula is C9H12N2O. The summed E-state index contributed by atoms with van der Waals surface area (Å²) in [5.74, 6) is 0.654. The summed E-state index contributed by atoms with van der Waals surface area (Å²) in [6.07, 6.45) is 6.66. The smallest absolute Gasteiger partial charge is 0.200 e. The minimum absolute atomic E-state index is 0.654. The largest absolute Gasteiger partial charge is 0.482 e. The van der Waals surface area contributed by atoms with E-state index in [1.54, 1.807) is 7.11 Å². The van der Waals surface area contributed by atoms with Crippen LogP contribution in [0.4, 0.5) is 0 Å². The maximum absolute atomic E-state index is 8.45. The molecule has 1 aliphatic rings. The molecule has 3 nitrogen and oxygen atoms in total. The molecule has 12 heavy (non-hydrogen) atoms. The second kappa shape index (κ2) is 4.45. The van der Waals surface area contributed by atoms with Crippen molar-refractivity contribution in [2.24, 2.45) is 0 Å². The maximum Gasteiger partial charge on any atom is 0.200 e. The molecule has 0 spiro atoms. The van der Waals surface area contributed by atoms with Crippen LogP contribution in [-0.4, -0.2) is 25.1 Å². The first kappa shape index (κ1) is 8.66. The molecule has 3 heteroatoms. The Bertz CT molecular complexity index is 237. The maximum atomic E-state index is 8.45. The third kappa shape index (κ3) is 2.03. The van der Waals surface area contributed by atoms with Crippen LogP contribution in [0.2, 0.25) is 0 Å². The van der Waals surface area contributed by atoms with E-state index in [0.29, 0.717) is 5.88 Å². The number of hydrogen-bond acceptors (Lipinski definition) is 3. The molecule has 0 aliphatic carbocycles. The van der Waals surface area contributed by atoms with Gasteiger partial charge in [0.05, 0.1) is 19.3 Å². The lowest BCUT2D eigenvalue weighted by Crippen LogP contribution is -2.27. The number of nitriles is 1. The molecule has 0 aromatic carbocycles. The van der Waals surface area contributed by atoms with Crippen molar-refractivity contribution >= 4 is 0 Å². The Morgan fingerprint density at radius 1 is 1.67 bits per heavy atom. The summed E-state index contributed by atoms with van der Waals surface area (Å²) in [5, 5.41) is 8.45. The summed E-state index contributed by atoms with van der Waals surface area (Å²) in [6.45, 7) is 1.76. The van der Waals surface area contributed by atoms with Gasteiger partial charge in [-0.2, -0.15) is 5.26 Å². The van der Waals surface area contributed by atoms with Crippen LogP contribution in [0.5, 0.6) is 0 Å². The first-order valence-electron chi connectivity index (χ1n) is 3.92. The molecule has 0 aromatic heterocycles. The number of methoxy groups -OCH3 is 1. The van der Waals surface area contributed by atoms with E-state index < -0.39 is 0 Å². The van der Waals surface area contributed by atoms with Crippen molar-refractivity contribution in [3.8, 4) is 6.07 Å². The van der Waals surface area contributed by atoms with E-state index in [1.807, 2.05) is 11.0 Å². The van der Waals surface area contributed by atoms with E-state index in [-0.39, 0.29) is 0 Å². The van der Waals surface area contributed by atoms with Crippen LogP contribution in [0, 0.1) is 11.3 Å². The van der Waals surface area contributed by atoms with Gasteiger partial charge in [0, 0.05) is 13.1 Å². The van der Waals surface area contributed by atoms with Crippen molar-refractivity contribution in [1.82, 2.24) is 4.90 Å². The molecule has 0 atom stereocenters. The predicted molar refractivity (Wildman–Crippen MR) is 46.0 cm³/mol. The molecule has 0 fully saturated rings. The van der Waals surface area contributed by atoms with E-state index in [2.05, 4.69) is 12.2 Å². The molecule has 0 aromatic rings. The van der Waals surface area contributed by atoms with Gasteiger partial charge in [-0.25, -0.2) is 0 Å². The summed E-state index contributed by atoms with van der Waals surface area (Å²) < 4.78 is 5.06. The summed E-state index contributed by atoms with van der Waals surface area (Å²) in [4.78, 5) is 2.03. The molecule has 0 bridgehead atoms. The van der Waals surface area contributed by atoms with Crippen molar-refractivity contribution in [2.75, 3.05) is 20.2 Å². The molecule has 1 aliphatic heterocycles. The number of ether oxygens (including phenoxy) is 1. The average Bonchev–Trinajstić information content (AvgIpc) is 2.15. The Morgan fingerprint density at radius 3 is 3.00 bits per heavy atom. The molecule has 0 saturated carbocycles. The first-order valence-corrected chi connectivity index (χ1v) is 3.92. The Balaban J connectivity index is 2.61. The van der Waals surface area contributed by atoms with Crippen molar-refractivity contribution < 1.29 is 4.74 Å². The van der Waals surface area contributed by atoms with Gasteiger partial charge in [-0.15, -0.1) is 0 Å². The summed E-state index contributed by atoms with van der Waals surface area (Å²) >= 11 is 0. The van der Waals surface area contributed by atoms with Crippen molar-refractivity contribution in [3.05, 3.63) is 24.1 Å². The average molecular weight is 164 g/mol. The highest BCUT2D eigenvalue weighted by Gasteiger charge is 2.09. The fourth-order valence-electron chi connectivity index (χ4n) is 1.18. The van der Waals surface area contributed by atoms with Crippen LogP contribution in [0.3, 0.4) is 0 Å². The van der Waals surface area contributed by atoms with Crippen LogP contribution in [0.15, 0.2) is 24.1 Å². The summed E-state index contributed by atoms with van der Waals surface area (Å²) in [6, 6.07) is 1.96. The van der Waals surface area contributed by atoms with Crippen molar-refractivity contribution in [1.29, 1.82) is 5.26 Å². The topological polar surface area (TPSA) is 36.3 Å².